The molecule has 5 heteroatoms. The lowest BCUT2D eigenvalue weighted by atomic mass is 9.87. The van der Waals surface area contributed by atoms with Gasteiger partial charge >= 0.3 is 0 Å². The summed E-state index contributed by atoms with van der Waals surface area (Å²) in [5, 5.41) is 21.5. The Morgan fingerprint density at radius 2 is 1.74 bits per heavy atom. The van der Waals surface area contributed by atoms with Crippen molar-refractivity contribution in [2.24, 2.45) is 0 Å². The highest BCUT2D eigenvalue weighted by atomic mass is 16.5. The average Bonchev–Trinajstić information content (AvgIpc) is 2.80. The van der Waals surface area contributed by atoms with Gasteiger partial charge in [0, 0.05) is 38.9 Å². The molecule has 1 atom stereocenters. The molecule has 1 heterocycles. The Morgan fingerprint density at radius 3 is 2.39 bits per heavy atom. The molecule has 2 N–H and O–H groups in total. The van der Waals surface area contributed by atoms with Crippen LogP contribution in [0.3, 0.4) is 0 Å². The van der Waals surface area contributed by atoms with Gasteiger partial charge in [-0.25, -0.2) is 0 Å². The largest absolute Gasteiger partial charge is 0.494 e. The molecule has 1 aliphatic rings. The van der Waals surface area contributed by atoms with Crippen LogP contribution in [0.2, 0.25) is 0 Å². The first-order chi connectivity index (χ1) is 15.0. The number of hydrogen-bond donors (Lipinski definition) is 2. The van der Waals surface area contributed by atoms with Gasteiger partial charge in [-0.05, 0) is 55.5 Å². The summed E-state index contributed by atoms with van der Waals surface area (Å²) < 4.78 is 5.74. The second-order valence-electron chi connectivity index (χ2n) is 8.82. The number of nitrogens with zero attached hydrogens (tertiary/aromatic N) is 2. The molecular weight excluding hydrogens is 388 g/mol. The maximum atomic E-state index is 11.1. The molecule has 1 saturated heterocycles. The minimum atomic E-state index is -0.633. The molecule has 0 spiro atoms. The van der Waals surface area contributed by atoms with E-state index >= 15 is 0 Å². The number of β-amino-alcohol motifs (C(OH)–C–C–N with tert-alkyl or cyclic N) is 1. The fourth-order valence-corrected chi connectivity index (χ4v) is 4.06. The minimum Gasteiger partial charge on any atom is -0.494 e. The van der Waals surface area contributed by atoms with Crippen molar-refractivity contribution in [2.45, 2.75) is 50.7 Å². The Hall–Kier alpha value is -2.08. The van der Waals surface area contributed by atoms with Gasteiger partial charge in [-0.2, -0.15) is 0 Å². The molecule has 2 aromatic carbocycles. The third kappa shape index (κ3) is 7.23. The fourth-order valence-electron chi connectivity index (χ4n) is 4.06. The van der Waals surface area contributed by atoms with Crippen molar-refractivity contribution < 1.29 is 14.9 Å². The first-order valence-corrected chi connectivity index (χ1v) is 11.6. The Labute approximate surface area is 187 Å². The predicted molar refractivity (Wildman–Crippen MR) is 127 cm³/mol. The maximum absolute atomic E-state index is 11.1. The van der Waals surface area contributed by atoms with Crippen LogP contribution in [0.15, 0.2) is 54.6 Å². The Morgan fingerprint density at radius 1 is 1.06 bits per heavy atom. The zero-order chi connectivity index (χ0) is 22.1. The SMILES string of the molecule is CCCCOc1ccc(N(C)CCC2(O)CCN(CC(O)c3ccccc3)CC2)cc1. The first-order valence-electron chi connectivity index (χ1n) is 11.6. The molecule has 0 aliphatic carbocycles. The van der Waals surface area contributed by atoms with E-state index in [2.05, 4.69) is 35.9 Å². The quantitative estimate of drug-likeness (QED) is 0.526. The Balaban J connectivity index is 1.41. The van der Waals surface area contributed by atoms with Gasteiger partial charge in [-0.1, -0.05) is 43.7 Å². The molecule has 5 nitrogen and oxygen atoms in total. The van der Waals surface area contributed by atoms with Crippen LogP contribution in [0.4, 0.5) is 5.69 Å². The van der Waals surface area contributed by atoms with E-state index in [9.17, 15) is 10.2 Å². The topological polar surface area (TPSA) is 56.2 Å². The zero-order valence-electron chi connectivity index (χ0n) is 19.0. The summed E-state index contributed by atoms with van der Waals surface area (Å²) in [6, 6.07) is 18.0. The van der Waals surface area contributed by atoms with Crippen molar-refractivity contribution in [3.8, 4) is 5.75 Å². The summed E-state index contributed by atoms with van der Waals surface area (Å²) in [7, 11) is 2.07. The van der Waals surface area contributed by atoms with Crippen LogP contribution in [-0.4, -0.2) is 60.5 Å². The number of ether oxygens (including phenoxy) is 1. The summed E-state index contributed by atoms with van der Waals surface area (Å²) in [4.78, 5) is 4.45. The van der Waals surface area contributed by atoms with Crippen molar-refractivity contribution >= 4 is 5.69 Å². The molecule has 170 valence electrons. The number of hydrogen-bond acceptors (Lipinski definition) is 5. The van der Waals surface area contributed by atoms with E-state index in [1.807, 2.05) is 42.5 Å². The van der Waals surface area contributed by atoms with Gasteiger partial charge in [0.05, 0.1) is 18.3 Å². The van der Waals surface area contributed by atoms with Gasteiger partial charge in [-0.15, -0.1) is 0 Å². The van der Waals surface area contributed by atoms with E-state index in [-0.39, 0.29) is 0 Å². The number of unbranched alkanes of at least 4 members (excludes halogenated alkanes) is 1. The summed E-state index contributed by atoms with van der Waals surface area (Å²) in [5.41, 5.74) is 1.45. The highest BCUT2D eigenvalue weighted by molar-refractivity contribution is 5.48. The number of piperidine rings is 1. The van der Waals surface area contributed by atoms with Crippen LogP contribution in [-0.2, 0) is 0 Å². The third-order valence-electron chi connectivity index (χ3n) is 6.36. The third-order valence-corrected chi connectivity index (χ3v) is 6.36. The van der Waals surface area contributed by atoms with Crippen molar-refractivity contribution in [3.63, 3.8) is 0 Å². The average molecular weight is 427 g/mol. The van der Waals surface area contributed by atoms with Gasteiger partial charge in [0.1, 0.15) is 5.75 Å². The van der Waals surface area contributed by atoms with E-state index in [1.54, 1.807) is 0 Å². The molecule has 2 aromatic rings. The van der Waals surface area contributed by atoms with Crippen LogP contribution in [0.25, 0.3) is 0 Å². The normalized spacial score (nSPS) is 17.3. The van der Waals surface area contributed by atoms with Gasteiger partial charge < -0.3 is 24.7 Å². The first kappa shape index (κ1) is 23.6. The van der Waals surface area contributed by atoms with Crippen LogP contribution in [0.1, 0.15) is 50.7 Å². The van der Waals surface area contributed by atoms with Crippen LogP contribution in [0.5, 0.6) is 5.75 Å². The van der Waals surface area contributed by atoms with E-state index in [1.165, 1.54) is 0 Å². The van der Waals surface area contributed by atoms with Crippen molar-refractivity contribution in [1.82, 2.24) is 4.90 Å². The van der Waals surface area contributed by atoms with Crippen LogP contribution < -0.4 is 9.64 Å². The lowest BCUT2D eigenvalue weighted by Gasteiger charge is -2.39. The maximum Gasteiger partial charge on any atom is 0.119 e. The van der Waals surface area contributed by atoms with Crippen molar-refractivity contribution in [1.29, 1.82) is 0 Å². The number of likely N-dealkylation sites (tertiary alicyclic amines) is 1. The number of aliphatic hydroxyl groups excluding tert-OH is 1. The van der Waals surface area contributed by atoms with E-state index < -0.39 is 11.7 Å². The van der Waals surface area contributed by atoms with E-state index in [0.29, 0.717) is 6.54 Å². The Bertz CT molecular complexity index is 758. The minimum absolute atomic E-state index is 0.479. The molecule has 1 aliphatic heterocycles. The zero-order valence-corrected chi connectivity index (χ0v) is 19.0. The lowest BCUT2D eigenvalue weighted by Crippen LogP contribution is -2.46. The molecule has 1 fully saturated rings. The number of benzene rings is 2. The van der Waals surface area contributed by atoms with Crippen LogP contribution in [0, 0.1) is 0 Å². The lowest BCUT2D eigenvalue weighted by molar-refractivity contribution is -0.0340. The predicted octanol–water partition coefficient (Wildman–Crippen LogP) is 4.25. The second-order valence-corrected chi connectivity index (χ2v) is 8.82. The molecule has 0 aromatic heterocycles. The summed E-state index contributed by atoms with van der Waals surface area (Å²) in [6.45, 7) is 5.97. The molecule has 0 bridgehead atoms. The molecule has 0 amide bonds. The molecular formula is C26H38N2O3. The molecule has 0 saturated carbocycles. The highest BCUT2D eigenvalue weighted by Gasteiger charge is 2.32. The molecule has 1 unspecified atom stereocenters. The summed E-state index contributed by atoms with van der Waals surface area (Å²) in [6.07, 6.45) is 3.96. The number of rotatable bonds is 11. The summed E-state index contributed by atoms with van der Waals surface area (Å²) >= 11 is 0. The highest BCUT2D eigenvalue weighted by Crippen LogP contribution is 2.28. The smallest absolute Gasteiger partial charge is 0.119 e. The summed E-state index contributed by atoms with van der Waals surface area (Å²) in [5.74, 6) is 0.911. The van der Waals surface area contributed by atoms with Gasteiger partial charge in [0.25, 0.3) is 0 Å². The van der Waals surface area contributed by atoms with Crippen molar-refractivity contribution in [3.05, 3.63) is 60.2 Å². The van der Waals surface area contributed by atoms with Crippen molar-refractivity contribution in [2.75, 3.05) is 44.7 Å². The van der Waals surface area contributed by atoms with E-state index in [0.717, 1.165) is 75.3 Å². The Kier molecular flexibility index (Phi) is 8.76. The van der Waals surface area contributed by atoms with Crippen LogP contribution >= 0.6 is 0 Å². The van der Waals surface area contributed by atoms with Gasteiger partial charge in [-0.3, -0.25) is 0 Å². The standard InChI is InChI=1S/C26H38N2O3/c1-3-4-20-31-24-12-10-23(11-13-24)27(2)17-14-26(30)15-18-28(19-16-26)21-25(29)22-8-6-5-7-9-22/h5-13,25,29-30H,3-4,14-21H2,1-2H3. The second kappa shape index (κ2) is 11.5. The van der Waals surface area contributed by atoms with E-state index in [4.69, 9.17) is 4.74 Å². The molecule has 3 rings (SSSR count). The van der Waals surface area contributed by atoms with Gasteiger partial charge in [0.2, 0.25) is 0 Å². The number of anilines is 1. The number of aliphatic hydroxyl groups is 2. The monoisotopic (exact) mass is 426 g/mol. The molecule has 0 radical (unpaired) electrons. The fraction of sp³-hybridized carbons (Fsp3) is 0.538. The molecule has 31 heavy (non-hydrogen) atoms. The van der Waals surface area contributed by atoms with Gasteiger partial charge in [0.15, 0.2) is 0 Å².